The first-order valence-corrected chi connectivity index (χ1v) is 10.4. The minimum absolute atomic E-state index is 0.0327. The molecule has 0 bridgehead atoms. The zero-order valence-corrected chi connectivity index (χ0v) is 18.5. The monoisotopic (exact) mass is 419 g/mol. The van der Waals surface area contributed by atoms with E-state index in [1.807, 2.05) is 27.7 Å². The Balaban J connectivity index is 2.39. The molecular formula is C19H29BF3NO3S. The van der Waals surface area contributed by atoms with Gasteiger partial charge >= 0.3 is 13.3 Å². The fourth-order valence-electron chi connectivity index (χ4n) is 2.72. The highest BCUT2D eigenvalue weighted by Crippen LogP contribution is 2.38. The Labute approximate surface area is 168 Å². The summed E-state index contributed by atoms with van der Waals surface area (Å²) in [6.07, 6.45) is -4.56. The van der Waals surface area contributed by atoms with Gasteiger partial charge in [0, 0.05) is 6.04 Å². The van der Waals surface area contributed by atoms with E-state index in [1.54, 1.807) is 33.8 Å². The van der Waals surface area contributed by atoms with Gasteiger partial charge in [-0.1, -0.05) is 12.1 Å². The van der Waals surface area contributed by atoms with Gasteiger partial charge in [0.25, 0.3) is 0 Å². The zero-order valence-electron chi connectivity index (χ0n) is 17.7. The molecular weight excluding hydrogens is 390 g/mol. The van der Waals surface area contributed by atoms with Gasteiger partial charge in [-0.2, -0.15) is 13.2 Å². The van der Waals surface area contributed by atoms with Crippen LogP contribution in [0.25, 0.3) is 0 Å². The van der Waals surface area contributed by atoms with Crippen molar-refractivity contribution in [1.29, 1.82) is 0 Å². The van der Waals surface area contributed by atoms with E-state index in [-0.39, 0.29) is 5.56 Å². The summed E-state index contributed by atoms with van der Waals surface area (Å²) in [5, 5.41) is 0. The quantitative estimate of drug-likeness (QED) is 0.748. The molecule has 0 spiro atoms. The van der Waals surface area contributed by atoms with Crippen LogP contribution in [0.1, 0.15) is 72.6 Å². The third kappa shape index (κ3) is 4.80. The number of rotatable bonds is 4. The molecule has 2 rings (SSSR count). The molecule has 0 radical (unpaired) electrons. The predicted octanol–water partition coefficient (Wildman–Crippen LogP) is 4.12. The summed E-state index contributed by atoms with van der Waals surface area (Å²) in [4.78, 5) is 0. The van der Waals surface area contributed by atoms with Crippen LogP contribution in [-0.2, 0) is 26.5 Å². The number of benzene rings is 1. The molecule has 1 aromatic rings. The van der Waals surface area contributed by atoms with E-state index in [0.717, 1.165) is 6.07 Å². The van der Waals surface area contributed by atoms with Crippen LogP contribution >= 0.6 is 0 Å². The van der Waals surface area contributed by atoms with Gasteiger partial charge in [0.15, 0.2) is 0 Å². The van der Waals surface area contributed by atoms with Crippen LogP contribution in [0.5, 0.6) is 0 Å². The molecule has 1 aromatic carbocycles. The smallest absolute Gasteiger partial charge is 0.399 e. The molecule has 1 heterocycles. The van der Waals surface area contributed by atoms with Crippen molar-refractivity contribution in [2.75, 3.05) is 0 Å². The fourth-order valence-corrected chi connectivity index (χ4v) is 3.53. The highest BCUT2D eigenvalue weighted by atomic mass is 32.2. The Hall–Kier alpha value is -0.895. The van der Waals surface area contributed by atoms with Crippen LogP contribution in [-0.4, -0.2) is 27.3 Å². The van der Waals surface area contributed by atoms with Crippen LogP contribution in [0.15, 0.2) is 18.2 Å². The lowest BCUT2D eigenvalue weighted by molar-refractivity contribution is -0.138. The lowest BCUT2D eigenvalue weighted by atomic mass is 9.77. The van der Waals surface area contributed by atoms with Gasteiger partial charge in [-0.15, -0.1) is 0 Å². The second-order valence-electron chi connectivity index (χ2n) is 9.15. The van der Waals surface area contributed by atoms with E-state index in [2.05, 4.69) is 4.72 Å². The van der Waals surface area contributed by atoms with E-state index in [9.17, 15) is 17.4 Å². The molecule has 4 nitrogen and oxygen atoms in total. The third-order valence-corrected chi connectivity index (χ3v) is 6.89. The maximum atomic E-state index is 13.8. The number of alkyl halides is 3. The lowest BCUT2D eigenvalue weighted by Gasteiger charge is -2.32. The van der Waals surface area contributed by atoms with Gasteiger partial charge in [-0.05, 0) is 72.5 Å². The Kier molecular flexibility index (Phi) is 6.19. The van der Waals surface area contributed by atoms with Crippen molar-refractivity contribution in [1.82, 2.24) is 4.72 Å². The summed E-state index contributed by atoms with van der Waals surface area (Å²) in [7, 11) is -2.38. The van der Waals surface area contributed by atoms with Crippen molar-refractivity contribution < 1.29 is 26.7 Å². The summed E-state index contributed by atoms with van der Waals surface area (Å²) in [5.41, 5.74) is -1.74. The zero-order chi connectivity index (χ0) is 21.7. The SMILES string of the molecule is C[C@@H](N[S@@](=O)C(C)(C)C)c1ccc(B2OC(C)(C)C(C)(C)O2)cc1C(F)(F)F. The fraction of sp³-hybridized carbons (Fsp3) is 0.684. The average molecular weight is 419 g/mol. The van der Waals surface area contributed by atoms with E-state index in [1.165, 1.54) is 6.07 Å². The van der Waals surface area contributed by atoms with E-state index < -0.39 is 51.8 Å². The Morgan fingerprint density at radius 1 is 1.07 bits per heavy atom. The van der Waals surface area contributed by atoms with Crippen LogP contribution in [0.4, 0.5) is 13.2 Å². The highest BCUT2D eigenvalue weighted by Gasteiger charge is 2.52. The second kappa shape index (κ2) is 7.41. The van der Waals surface area contributed by atoms with Crippen LogP contribution in [0.2, 0.25) is 0 Å². The minimum Gasteiger partial charge on any atom is -0.399 e. The summed E-state index contributed by atoms with van der Waals surface area (Å²) >= 11 is 0. The molecule has 28 heavy (non-hydrogen) atoms. The first-order valence-electron chi connectivity index (χ1n) is 9.20. The van der Waals surface area contributed by atoms with Gasteiger partial charge < -0.3 is 9.31 Å². The molecule has 0 aliphatic carbocycles. The summed E-state index contributed by atoms with van der Waals surface area (Å²) < 4.78 is 67.5. The summed E-state index contributed by atoms with van der Waals surface area (Å²) in [6.45, 7) is 14.2. The topological polar surface area (TPSA) is 47.6 Å². The van der Waals surface area contributed by atoms with Crippen molar-refractivity contribution in [3.8, 4) is 0 Å². The summed E-state index contributed by atoms with van der Waals surface area (Å²) in [5.74, 6) is 0. The standard InChI is InChI=1S/C19H29BF3NO3S/c1-12(24-28(25)16(2,3)4)14-10-9-13(11-15(14)19(21,22)23)20-26-17(5,6)18(7,8)27-20/h9-12,24H,1-8H3/t12-,28+/m1/s1. The lowest BCUT2D eigenvalue weighted by Crippen LogP contribution is -2.41. The number of nitrogens with one attached hydrogen (secondary N) is 1. The Morgan fingerprint density at radius 3 is 2.00 bits per heavy atom. The van der Waals surface area contributed by atoms with E-state index in [4.69, 9.17) is 9.31 Å². The number of hydrogen-bond acceptors (Lipinski definition) is 3. The van der Waals surface area contributed by atoms with Gasteiger partial charge in [-0.25, -0.2) is 8.93 Å². The average Bonchev–Trinajstić information content (AvgIpc) is 2.73. The van der Waals surface area contributed by atoms with Gasteiger partial charge in [0.2, 0.25) is 0 Å². The van der Waals surface area contributed by atoms with Crippen molar-refractivity contribution in [3.63, 3.8) is 0 Å². The number of hydrogen-bond donors (Lipinski definition) is 1. The van der Waals surface area contributed by atoms with E-state index >= 15 is 0 Å². The molecule has 1 saturated heterocycles. The maximum Gasteiger partial charge on any atom is 0.494 e. The molecule has 0 aromatic heterocycles. The van der Waals surface area contributed by atoms with Crippen molar-refractivity contribution in [2.24, 2.45) is 0 Å². The molecule has 1 N–H and O–H groups in total. The van der Waals surface area contributed by atoms with Gasteiger partial charge in [0.05, 0.1) is 32.5 Å². The molecule has 9 heteroatoms. The van der Waals surface area contributed by atoms with E-state index in [0.29, 0.717) is 5.46 Å². The molecule has 2 atom stereocenters. The molecule has 0 saturated carbocycles. The Morgan fingerprint density at radius 2 is 1.57 bits per heavy atom. The molecule has 1 fully saturated rings. The van der Waals surface area contributed by atoms with Gasteiger partial charge in [-0.3, -0.25) is 0 Å². The van der Waals surface area contributed by atoms with Crippen molar-refractivity contribution in [2.45, 2.75) is 83.6 Å². The summed E-state index contributed by atoms with van der Waals surface area (Å²) in [6, 6.07) is 3.30. The minimum atomic E-state index is -4.56. The molecule has 1 aliphatic rings. The largest absolute Gasteiger partial charge is 0.494 e. The van der Waals surface area contributed by atoms with Crippen molar-refractivity contribution in [3.05, 3.63) is 29.3 Å². The van der Waals surface area contributed by atoms with Crippen LogP contribution in [0.3, 0.4) is 0 Å². The molecule has 0 unspecified atom stereocenters. The molecule has 1 aliphatic heterocycles. The first kappa shape index (κ1) is 23.4. The van der Waals surface area contributed by atoms with Gasteiger partial charge in [0.1, 0.15) is 0 Å². The molecule has 158 valence electrons. The highest BCUT2D eigenvalue weighted by molar-refractivity contribution is 7.84. The maximum absolute atomic E-state index is 13.8. The third-order valence-electron chi connectivity index (χ3n) is 5.21. The van der Waals surface area contributed by atoms with Crippen LogP contribution in [0, 0.1) is 0 Å². The molecule has 0 amide bonds. The second-order valence-corrected chi connectivity index (χ2v) is 11.2. The van der Waals surface area contributed by atoms with Crippen LogP contribution < -0.4 is 10.2 Å². The number of halogens is 3. The first-order chi connectivity index (χ1) is 12.5. The predicted molar refractivity (Wildman–Crippen MR) is 107 cm³/mol. The van der Waals surface area contributed by atoms with Crippen molar-refractivity contribution >= 4 is 23.6 Å². The normalized spacial score (nSPS) is 21.6. The Bertz CT molecular complexity index is 744.